The number of alkyl halides is 3. The average Bonchev–Trinajstić information content (AvgIpc) is 3.50. The van der Waals surface area contributed by atoms with Crippen molar-refractivity contribution in [2.75, 3.05) is 49.6 Å². The van der Waals surface area contributed by atoms with Gasteiger partial charge in [-0.25, -0.2) is 0 Å². The van der Waals surface area contributed by atoms with Crippen LogP contribution in [0.5, 0.6) is 0 Å². The van der Waals surface area contributed by atoms with Gasteiger partial charge in [-0.1, -0.05) is 6.08 Å². The molecule has 2 N–H and O–H groups in total. The molecule has 3 aromatic heterocycles. The summed E-state index contributed by atoms with van der Waals surface area (Å²) in [6.45, 7) is 3.17. The summed E-state index contributed by atoms with van der Waals surface area (Å²) in [5.41, 5.74) is -0.140. The van der Waals surface area contributed by atoms with Gasteiger partial charge in [-0.15, -0.1) is 5.10 Å². The van der Waals surface area contributed by atoms with Crippen LogP contribution in [0.4, 0.5) is 24.5 Å². The zero-order valence-electron chi connectivity index (χ0n) is 24.6. The monoisotopic (exact) mass is 638 g/mol. The van der Waals surface area contributed by atoms with E-state index in [-0.39, 0.29) is 55.4 Å². The van der Waals surface area contributed by atoms with Crippen LogP contribution >= 0.6 is 0 Å². The molecular weight excluding hydrogens is 609 g/mol. The predicted molar refractivity (Wildman–Crippen MR) is 161 cm³/mol. The standard InChI is InChI=1S/C30H29F3N8O5/c1-18-24(38-11-13-39(14-12-38)27(44)22-3-2-10-34-26(22)43)28(45)41-29(36-25(37-41)19-8-15-46-16-9-19)40(18)17-23(42)35-21-6-4-20(5-7-21)30(31,32)33/h2-8,10H,9,11-17H2,1H3,(H,34,43)(H,35,42). The SMILES string of the molecule is Cc1c(N2CCN(C(=O)c3ccc[nH]c3=O)CC2)c(=O)n2nc(C3=CCOCC3)nc2n1CC(=O)Nc1ccc(C(F)(F)F)cc1. The molecule has 0 unspecified atom stereocenters. The van der Waals surface area contributed by atoms with Gasteiger partial charge in [0, 0.05) is 43.8 Å². The molecule has 1 fully saturated rings. The number of ether oxygens (including phenoxy) is 1. The lowest BCUT2D eigenvalue weighted by Gasteiger charge is -2.36. The summed E-state index contributed by atoms with van der Waals surface area (Å²) in [6, 6.07) is 7.11. The fourth-order valence-electron chi connectivity index (χ4n) is 5.55. The number of nitrogens with zero attached hydrogens (tertiary/aromatic N) is 6. The van der Waals surface area contributed by atoms with Gasteiger partial charge in [0.15, 0.2) is 5.82 Å². The van der Waals surface area contributed by atoms with Crippen molar-refractivity contribution in [1.29, 1.82) is 0 Å². The predicted octanol–water partition coefficient (Wildman–Crippen LogP) is 2.31. The van der Waals surface area contributed by atoms with Gasteiger partial charge in [0.2, 0.25) is 11.7 Å². The number of anilines is 2. The van der Waals surface area contributed by atoms with E-state index >= 15 is 0 Å². The number of hydrogen-bond acceptors (Lipinski definition) is 8. The van der Waals surface area contributed by atoms with Gasteiger partial charge in [-0.2, -0.15) is 22.7 Å². The third-order valence-electron chi connectivity index (χ3n) is 7.95. The number of carbonyl (C=O) groups is 2. The van der Waals surface area contributed by atoms with E-state index in [1.165, 1.54) is 21.7 Å². The molecule has 2 aliphatic rings. The van der Waals surface area contributed by atoms with Crippen molar-refractivity contribution in [2.45, 2.75) is 26.1 Å². The Morgan fingerprint density at radius 1 is 1.07 bits per heavy atom. The molecule has 6 rings (SSSR count). The van der Waals surface area contributed by atoms with Crippen molar-refractivity contribution in [3.63, 3.8) is 0 Å². The number of pyridine rings is 1. The Bertz CT molecular complexity index is 1950. The second-order valence-corrected chi connectivity index (χ2v) is 10.8. The Balaban J connectivity index is 1.31. The molecule has 13 nitrogen and oxygen atoms in total. The van der Waals surface area contributed by atoms with Gasteiger partial charge >= 0.3 is 6.18 Å². The third kappa shape index (κ3) is 6.02. The molecule has 5 heterocycles. The second kappa shape index (κ2) is 12.3. The van der Waals surface area contributed by atoms with Gasteiger partial charge in [0.25, 0.3) is 17.0 Å². The van der Waals surface area contributed by atoms with Crippen molar-refractivity contribution in [3.8, 4) is 0 Å². The Morgan fingerprint density at radius 3 is 2.46 bits per heavy atom. The van der Waals surface area contributed by atoms with Crippen molar-refractivity contribution < 1.29 is 27.5 Å². The summed E-state index contributed by atoms with van der Waals surface area (Å²) in [6.07, 6.45) is -0.711. The summed E-state index contributed by atoms with van der Waals surface area (Å²) >= 11 is 0. The minimum Gasteiger partial charge on any atom is -0.377 e. The van der Waals surface area contributed by atoms with Gasteiger partial charge in [-0.3, -0.25) is 19.2 Å². The number of halogens is 3. The van der Waals surface area contributed by atoms with Crippen LogP contribution < -0.4 is 21.3 Å². The molecule has 0 aliphatic carbocycles. The number of amides is 2. The fourth-order valence-corrected chi connectivity index (χ4v) is 5.55. The number of rotatable bonds is 6. The lowest BCUT2D eigenvalue weighted by Crippen LogP contribution is -2.51. The molecule has 0 radical (unpaired) electrons. The molecule has 46 heavy (non-hydrogen) atoms. The highest BCUT2D eigenvalue weighted by Gasteiger charge is 2.31. The molecule has 1 saturated heterocycles. The Kier molecular flexibility index (Phi) is 8.20. The van der Waals surface area contributed by atoms with E-state index in [0.29, 0.717) is 31.2 Å². The van der Waals surface area contributed by atoms with Crippen LogP contribution in [0.25, 0.3) is 11.4 Å². The number of piperazine rings is 1. The fraction of sp³-hybridized carbons (Fsp3) is 0.333. The quantitative estimate of drug-likeness (QED) is 0.327. The van der Waals surface area contributed by atoms with Gasteiger partial charge in [0.1, 0.15) is 17.8 Å². The van der Waals surface area contributed by atoms with E-state index in [1.54, 1.807) is 17.9 Å². The van der Waals surface area contributed by atoms with Crippen molar-refractivity contribution in [2.24, 2.45) is 0 Å². The summed E-state index contributed by atoms with van der Waals surface area (Å²) in [7, 11) is 0. The zero-order chi connectivity index (χ0) is 32.6. The topological polar surface area (TPSA) is 147 Å². The first-order valence-electron chi connectivity index (χ1n) is 14.5. The normalized spacial score (nSPS) is 15.6. The van der Waals surface area contributed by atoms with Crippen LogP contribution in [0.3, 0.4) is 0 Å². The van der Waals surface area contributed by atoms with E-state index in [9.17, 15) is 32.3 Å². The molecule has 4 aromatic rings. The molecule has 240 valence electrons. The number of H-pyrrole nitrogens is 1. The number of hydrogen-bond donors (Lipinski definition) is 2. The van der Waals surface area contributed by atoms with E-state index in [0.717, 1.165) is 34.4 Å². The number of benzene rings is 1. The van der Waals surface area contributed by atoms with Crippen molar-refractivity contribution >= 4 is 34.5 Å². The highest BCUT2D eigenvalue weighted by molar-refractivity contribution is 5.94. The molecule has 0 spiro atoms. The molecule has 2 aliphatic heterocycles. The lowest BCUT2D eigenvalue weighted by molar-refractivity contribution is -0.137. The van der Waals surface area contributed by atoms with Crippen LogP contribution in [0.2, 0.25) is 0 Å². The second-order valence-electron chi connectivity index (χ2n) is 10.8. The number of fused-ring (bicyclic) bond motifs is 1. The average molecular weight is 639 g/mol. The van der Waals surface area contributed by atoms with E-state index < -0.39 is 34.7 Å². The van der Waals surface area contributed by atoms with E-state index in [2.05, 4.69) is 20.4 Å². The van der Waals surface area contributed by atoms with Crippen LogP contribution in [0.1, 0.15) is 33.9 Å². The third-order valence-corrected chi connectivity index (χ3v) is 7.95. The molecule has 0 atom stereocenters. The Hall–Kier alpha value is -5.25. The molecule has 0 bridgehead atoms. The Labute approximate surface area is 258 Å². The summed E-state index contributed by atoms with van der Waals surface area (Å²) in [5.74, 6) is -0.542. The first-order valence-corrected chi connectivity index (χ1v) is 14.5. The highest BCUT2D eigenvalue weighted by atomic mass is 19.4. The Morgan fingerprint density at radius 2 is 1.80 bits per heavy atom. The van der Waals surface area contributed by atoms with Crippen LogP contribution in [-0.2, 0) is 22.3 Å². The molecule has 1 aromatic carbocycles. The maximum absolute atomic E-state index is 13.9. The van der Waals surface area contributed by atoms with E-state index in [4.69, 9.17) is 4.74 Å². The number of aromatic amines is 1. The van der Waals surface area contributed by atoms with Gasteiger partial charge < -0.3 is 29.4 Å². The molecular formula is C30H29F3N8O5. The minimum absolute atomic E-state index is 0.0209. The van der Waals surface area contributed by atoms with Crippen LogP contribution in [0.15, 0.2) is 58.3 Å². The smallest absolute Gasteiger partial charge is 0.377 e. The van der Waals surface area contributed by atoms with Crippen LogP contribution in [0, 0.1) is 6.92 Å². The molecule has 0 saturated carbocycles. The molecule has 2 amide bonds. The summed E-state index contributed by atoms with van der Waals surface area (Å²) in [5, 5.41) is 7.10. The largest absolute Gasteiger partial charge is 0.416 e. The highest BCUT2D eigenvalue weighted by Crippen LogP contribution is 2.30. The van der Waals surface area contributed by atoms with E-state index in [1.807, 2.05) is 6.08 Å². The minimum atomic E-state index is -4.51. The first-order chi connectivity index (χ1) is 22.0. The van der Waals surface area contributed by atoms with Crippen LogP contribution in [-0.4, -0.2) is 80.3 Å². The molecule has 16 heteroatoms. The number of carbonyl (C=O) groups excluding carboxylic acids is 2. The maximum Gasteiger partial charge on any atom is 0.416 e. The zero-order valence-corrected chi connectivity index (χ0v) is 24.6. The first kappa shape index (κ1) is 30.8. The van der Waals surface area contributed by atoms with Gasteiger partial charge in [-0.05, 0) is 55.3 Å². The number of nitrogens with one attached hydrogen (secondary N) is 2. The van der Waals surface area contributed by atoms with Crippen molar-refractivity contribution in [3.05, 3.63) is 92.0 Å². The lowest BCUT2D eigenvalue weighted by atomic mass is 10.1. The number of aromatic nitrogens is 5. The van der Waals surface area contributed by atoms with Gasteiger partial charge in [0.05, 0.1) is 18.8 Å². The maximum atomic E-state index is 13.9. The van der Waals surface area contributed by atoms with Crippen molar-refractivity contribution in [1.82, 2.24) is 29.0 Å². The summed E-state index contributed by atoms with van der Waals surface area (Å²) < 4.78 is 47.0. The summed E-state index contributed by atoms with van der Waals surface area (Å²) in [4.78, 5) is 62.7.